The molecular weight excluding hydrogens is 286 g/mol. The molecule has 1 aromatic rings. The molecule has 2 N–H and O–H groups in total. The highest BCUT2D eigenvalue weighted by atomic mass is 35.5. The molecule has 0 unspecified atom stereocenters. The van der Waals surface area contributed by atoms with Crippen LogP contribution in [0, 0.1) is 0 Å². The van der Waals surface area contributed by atoms with E-state index in [1.807, 2.05) is 6.07 Å². The van der Waals surface area contributed by atoms with Gasteiger partial charge in [-0.25, -0.2) is 0 Å². The topological polar surface area (TPSA) is 44.4 Å². The first kappa shape index (κ1) is 16.1. The quantitative estimate of drug-likeness (QED) is 0.849. The molecule has 0 radical (unpaired) electrons. The Labute approximate surface area is 131 Å². The van der Waals surface area contributed by atoms with Gasteiger partial charge in [-0.05, 0) is 38.1 Å². The lowest BCUT2D eigenvalue weighted by atomic mass is 10.1. The maximum absolute atomic E-state index is 12.3. The van der Waals surface area contributed by atoms with E-state index in [9.17, 15) is 4.79 Å². The van der Waals surface area contributed by atoms with Crippen LogP contribution in [0.5, 0.6) is 0 Å². The smallest absolute Gasteiger partial charge is 0.253 e. The Morgan fingerprint density at radius 3 is 2.76 bits per heavy atom. The van der Waals surface area contributed by atoms with E-state index < -0.39 is 0 Å². The number of rotatable bonds is 6. The summed E-state index contributed by atoms with van der Waals surface area (Å²) in [6.45, 7) is 1.54. The Morgan fingerprint density at radius 2 is 2.10 bits per heavy atom. The van der Waals surface area contributed by atoms with Gasteiger partial charge in [-0.15, -0.1) is 0 Å². The average Bonchev–Trinajstić information content (AvgIpc) is 3.01. The molecule has 0 heterocycles. The van der Waals surface area contributed by atoms with Crippen LogP contribution in [-0.2, 0) is 0 Å². The van der Waals surface area contributed by atoms with Crippen molar-refractivity contribution in [3.63, 3.8) is 0 Å². The van der Waals surface area contributed by atoms with Crippen LogP contribution in [-0.4, -0.2) is 44.0 Å². The van der Waals surface area contributed by atoms with E-state index in [0.29, 0.717) is 23.2 Å². The summed E-state index contributed by atoms with van der Waals surface area (Å²) in [5.74, 6) is -0.0818. The fourth-order valence-corrected chi connectivity index (χ4v) is 3.06. The molecule has 5 heteroatoms. The molecule has 1 aliphatic rings. The van der Waals surface area contributed by atoms with Gasteiger partial charge in [-0.2, -0.15) is 0 Å². The first-order valence-electron chi connectivity index (χ1n) is 7.57. The molecule has 0 aromatic heterocycles. The number of likely N-dealkylation sites (N-methyl/N-ethyl adjacent to an activating group) is 1. The second-order valence-corrected chi connectivity index (χ2v) is 6.05. The minimum absolute atomic E-state index is 0.0818. The van der Waals surface area contributed by atoms with E-state index in [1.165, 1.54) is 25.7 Å². The van der Waals surface area contributed by atoms with E-state index in [4.69, 9.17) is 11.6 Å². The minimum Gasteiger partial charge on any atom is -0.387 e. The summed E-state index contributed by atoms with van der Waals surface area (Å²) in [7, 11) is 3.94. The maximum Gasteiger partial charge on any atom is 0.253 e. The van der Waals surface area contributed by atoms with Gasteiger partial charge < -0.3 is 15.5 Å². The zero-order chi connectivity index (χ0) is 15.2. The van der Waals surface area contributed by atoms with Gasteiger partial charge in [0.25, 0.3) is 5.91 Å². The van der Waals surface area contributed by atoms with Crippen LogP contribution in [0.15, 0.2) is 18.2 Å². The van der Waals surface area contributed by atoms with Gasteiger partial charge in [0.15, 0.2) is 0 Å². The highest BCUT2D eigenvalue weighted by Crippen LogP contribution is 2.22. The van der Waals surface area contributed by atoms with Gasteiger partial charge in [0.2, 0.25) is 0 Å². The number of hydrogen-bond acceptors (Lipinski definition) is 3. The molecule has 1 fully saturated rings. The van der Waals surface area contributed by atoms with Gasteiger partial charge in [0, 0.05) is 36.9 Å². The molecule has 1 aliphatic carbocycles. The lowest BCUT2D eigenvalue weighted by Crippen LogP contribution is -2.37. The third kappa shape index (κ3) is 4.35. The van der Waals surface area contributed by atoms with E-state index in [0.717, 1.165) is 12.2 Å². The fraction of sp³-hybridized carbons (Fsp3) is 0.562. The summed E-state index contributed by atoms with van der Waals surface area (Å²) < 4.78 is 0. The molecule has 1 amide bonds. The molecule has 116 valence electrons. The number of nitrogens with one attached hydrogen (secondary N) is 2. The summed E-state index contributed by atoms with van der Waals surface area (Å²) in [6, 6.07) is 5.98. The maximum atomic E-state index is 12.3. The van der Waals surface area contributed by atoms with Crippen molar-refractivity contribution in [2.45, 2.75) is 31.7 Å². The van der Waals surface area contributed by atoms with Gasteiger partial charge in [-0.1, -0.05) is 24.4 Å². The fourth-order valence-electron chi connectivity index (χ4n) is 2.89. The number of amides is 1. The van der Waals surface area contributed by atoms with Gasteiger partial charge in [0.05, 0.1) is 5.56 Å². The van der Waals surface area contributed by atoms with Gasteiger partial charge in [-0.3, -0.25) is 4.79 Å². The van der Waals surface area contributed by atoms with Crippen LogP contribution < -0.4 is 10.6 Å². The summed E-state index contributed by atoms with van der Waals surface area (Å²) in [4.78, 5) is 14.6. The molecule has 0 aliphatic heterocycles. The molecule has 0 bridgehead atoms. The van der Waals surface area contributed by atoms with Crippen LogP contribution >= 0.6 is 11.6 Å². The zero-order valence-electron chi connectivity index (χ0n) is 12.8. The number of benzene rings is 1. The molecule has 4 nitrogen and oxygen atoms in total. The van der Waals surface area contributed by atoms with E-state index >= 15 is 0 Å². The first-order chi connectivity index (χ1) is 10.1. The Kier molecular flexibility index (Phi) is 5.88. The van der Waals surface area contributed by atoms with Gasteiger partial charge in [0.1, 0.15) is 0 Å². The number of carbonyl (C=O) groups is 1. The number of carbonyl (C=O) groups excluding carboxylic acids is 1. The van der Waals surface area contributed by atoms with Crippen molar-refractivity contribution in [1.82, 2.24) is 10.2 Å². The van der Waals surface area contributed by atoms with Crippen molar-refractivity contribution >= 4 is 23.2 Å². The Balaban J connectivity index is 1.85. The molecule has 1 aromatic carbocycles. The Bertz CT molecular complexity index is 486. The number of halogens is 1. The van der Waals surface area contributed by atoms with Crippen molar-refractivity contribution < 1.29 is 4.79 Å². The highest BCUT2D eigenvalue weighted by molar-refractivity contribution is 6.31. The van der Waals surface area contributed by atoms with Gasteiger partial charge >= 0.3 is 0 Å². The summed E-state index contributed by atoms with van der Waals surface area (Å²) in [5, 5.41) is 6.57. The average molecular weight is 310 g/mol. The van der Waals surface area contributed by atoms with E-state index in [2.05, 4.69) is 22.6 Å². The summed E-state index contributed by atoms with van der Waals surface area (Å²) in [6.07, 6.45) is 5.22. The second-order valence-electron chi connectivity index (χ2n) is 5.61. The Morgan fingerprint density at radius 1 is 1.38 bits per heavy atom. The highest BCUT2D eigenvalue weighted by Gasteiger charge is 2.19. The van der Waals surface area contributed by atoms with Crippen LogP contribution in [0.4, 0.5) is 5.69 Å². The molecule has 0 atom stereocenters. The summed E-state index contributed by atoms with van der Waals surface area (Å²) >= 11 is 5.97. The number of anilines is 1. The van der Waals surface area contributed by atoms with E-state index in [-0.39, 0.29) is 5.91 Å². The predicted octanol–water partition coefficient (Wildman–Crippen LogP) is 2.99. The molecule has 0 spiro atoms. The largest absolute Gasteiger partial charge is 0.387 e. The third-order valence-corrected chi connectivity index (χ3v) is 4.43. The lowest BCUT2D eigenvalue weighted by Gasteiger charge is -2.24. The van der Waals surface area contributed by atoms with Crippen molar-refractivity contribution in [1.29, 1.82) is 0 Å². The molecular formula is C16H24ClN3O. The summed E-state index contributed by atoms with van der Waals surface area (Å²) in [5.41, 5.74) is 1.38. The number of hydrogen-bond donors (Lipinski definition) is 2. The molecule has 0 saturated heterocycles. The number of nitrogens with zero attached hydrogens (tertiary/aromatic N) is 1. The van der Waals surface area contributed by atoms with Crippen LogP contribution in [0.2, 0.25) is 5.02 Å². The van der Waals surface area contributed by atoms with Crippen molar-refractivity contribution in [2.75, 3.05) is 32.5 Å². The molecule has 1 saturated carbocycles. The standard InChI is InChI=1S/C16H24ClN3O/c1-18-15-8-7-12(17)11-14(15)16(21)19-9-10-20(2)13-5-3-4-6-13/h7-8,11,13,18H,3-6,9-10H2,1-2H3,(H,19,21). The van der Waals surface area contributed by atoms with Crippen LogP contribution in [0.25, 0.3) is 0 Å². The van der Waals surface area contributed by atoms with Crippen molar-refractivity contribution in [3.05, 3.63) is 28.8 Å². The van der Waals surface area contributed by atoms with Crippen molar-refractivity contribution in [2.24, 2.45) is 0 Å². The third-order valence-electron chi connectivity index (χ3n) is 4.19. The zero-order valence-corrected chi connectivity index (χ0v) is 13.5. The Hall–Kier alpha value is -1.26. The normalized spacial score (nSPS) is 15.4. The van der Waals surface area contributed by atoms with Crippen molar-refractivity contribution in [3.8, 4) is 0 Å². The molecule has 21 heavy (non-hydrogen) atoms. The van der Waals surface area contributed by atoms with Crippen LogP contribution in [0.1, 0.15) is 36.0 Å². The second kappa shape index (κ2) is 7.66. The molecule has 2 rings (SSSR count). The van der Waals surface area contributed by atoms with Crippen LogP contribution in [0.3, 0.4) is 0 Å². The minimum atomic E-state index is -0.0818. The SMILES string of the molecule is CNc1ccc(Cl)cc1C(=O)NCCN(C)C1CCCC1. The first-order valence-corrected chi connectivity index (χ1v) is 7.95. The predicted molar refractivity (Wildman–Crippen MR) is 88.2 cm³/mol. The monoisotopic (exact) mass is 309 g/mol. The lowest BCUT2D eigenvalue weighted by molar-refractivity contribution is 0.0948. The van der Waals surface area contributed by atoms with E-state index in [1.54, 1.807) is 19.2 Å².